The summed E-state index contributed by atoms with van der Waals surface area (Å²) in [5, 5.41) is 4.78. The van der Waals surface area contributed by atoms with Gasteiger partial charge in [-0.25, -0.2) is 24.1 Å². The van der Waals surface area contributed by atoms with Crippen molar-refractivity contribution in [3.05, 3.63) is 77.6 Å². The molecular formula is C24H20FN7O3. The van der Waals surface area contributed by atoms with Crippen molar-refractivity contribution in [1.29, 1.82) is 0 Å². The van der Waals surface area contributed by atoms with Crippen molar-refractivity contribution in [3.8, 4) is 11.3 Å². The third-order valence-corrected chi connectivity index (χ3v) is 5.93. The van der Waals surface area contributed by atoms with Gasteiger partial charge >= 0.3 is 6.03 Å². The van der Waals surface area contributed by atoms with Crippen molar-refractivity contribution in [3.63, 3.8) is 0 Å². The number of hydrogen-bond donors (Lipinski definition) is 2. The number of hydrogen-bond acceptors (Lipinski definition) is 6. The van der Waals surface area contributed by atoms with E-state index in [1.54, 1.807) is 17.0 Å². The lowest BCUT2D eigenvalue weighted by atomic mass is 10.0. The summed E-state index contributed by atoms with van der Waals surface area (Å²) in [4.78, 5) is 50.3. The normalized spacial score (nSPS) is 13.5. The highest BCUT2D eigenvalue weighted by Crippen LogP contribution is 2.28. The lowest BCUT2D eigenvalue weighted by molar-refractivity contribution is -0.108. The maximum absolute atomic E-state index is 13.6. The molecule has 2 N–H and O–H groups in total. The Morgan fingerprint density at radius 3 is 2.74 bits per heavy atom. The van der Waals surface area contributed by atoms with Crippen LogP contribution in [0.1, 0.15) is 27.5 Å². The van der Waals surface area contributed by atoms with E-state index in [1.165, 1.54) is 23.4 Å². The Kier molecular flexibility index (Phi) is 5.65. The first-order valence-electron chi connectivity index (χ1n) is 10.8. The van der Waals surface area contributed by atoms with Gasteiger partial charge < -0.3 is 14.8 Å². The summed E-state index contributed by atoms with van der Waals surface area (Å²) in [6, 6.07) is 10.1. The van der Waals surface area contributed by atoms with Crippen LogP contribution in [0.2, 0.25) is 0 Å². The summed E-state index contributed by atoms with van der Waals surface area (Å²) in [6.45, 7) is 0.414. The first kappa shape index (κ1) is 22.1. The Hall–Kier alpha value is -4.67. The Morgan fingerprint density at radius 2 is 1.97 bits per heavy atom. The summed E-state index contributed by atoms with van der Waals surface area (Å²) in [5.74, 6) is -0.807. The summed E-state index contributed by atoms with van der Waals surface area (Å²) in [6.07, 6.45) is 3.42. The van der Waals surface area contributed by atoms with Crippen LogP contribution in [0.5, 0.6) is 0 Å². The number of fused-ring (bicyclic) bond motifs is 2. The molecule has 3 heterocycles. The van der Waals surface area contributed by atoms with E-state index < -0.39 is 17.9 Å². The van der Waals surface area contributed by atoms with E-state index in [0.29, 0.717) is 40.1 Å². The van der Waals surface area contributed by atoms with Crippen LogP contribution in [0.25, 0.3) is 22.4 Å². The number of nitrogens with one attached hydrogen (secondary N) is 2. The largest absolute Gasteiger partial charge is 0.332 e. The van der Waals surface area contributed by atoms with Crippen LogP contribution in [-0.2, 0) is 18.4 Å². The van der Waals surface area contributed by atoms with E-state index >= 15 is 0 Å². The Balaban J connectivity index is 1.43. The molecule has 1 aliphatic heterocycles. The van der Waals surface area contributed by atoms with Gasteiger partial charge in [-0.2, -0.15) is 0 Å². The molecule has 176 valence electrons. The van der Waals surface area contributed by atoms with Gasteiger partial charge in [0.1, 0.15) is 23.4 Å². The highest BCUT2D eigenvalue weighted by molar-refractivity contribution is 5.98. The minimum atomic E-state index is -0.699. The molecule has 0 radical (unpaired) electrons. The second-order valence-corrected chi connectivity index (χ2v) is 8.15. The van der Waals surface area contributed by atoms with Gasteiger partial charge in [0.25, 0.3) is 5.91 Å². The molecular weight excluding hydrogens is 453 g/mol. The SMILES string of the molecule is Cn1cnc2c(-c3ccc([C@H](CN4Cc5ccc(F)cc5C4=O)NC(=O)NC=O)cc3)ncnc21. The lowest BCUT2D eigenvalue weighted by Crippen LogP contribution is -2.42. The summed E-state index contributed by atoms with van der Waals surface area (Å²) in [5.41, 5.74) is 4.55. The highest BCUT2D eigenvalue weighted by Gasteiger charge is 2.30. The second kappa shape index (κ2) is 8.93. The number of carbonyl (C=O) groups excluding carboxylic acids is 3. The van der Waals surface area contributed by atoms with Crippen molar-refractivity contribution in [1.82, 2.24) is 35.1 Å². The fourth-order valence-corrected chi connectivity index (χ4v) is 4.22. The maximum atomic E-state index is 13.6. The van der Waals surface area contributed by atoms with Gasteiger partial charge in [-0.1, -0.05) is 30.3 Å². The molecule has 0 saturated carbocycles. The first-order valence-corrected chi connectivity index (χ1v) is 10.8. The molecule has 4 aromatic rings. The lowest BCUT2D eigenvalue weighted by Gasteiger charge is -2.25. The Morgan fingerprint density at radius 1 is 1.17 bits per heavy atom. The zero-order valence-electron chi connectivity index (χ0n) is 18.6. The molecule has 0 spiro atoms. The van der Waals surface area contributed by atoms with E-state index in [0.717, 1.165) is 5.56 Å². The predicted molar refractivity (Wildman–Crippen MR) is 123 cm³/mol. The molecule has 11 heteroatoms. The predicted octanol–water partition coefficient (Wildman–Crippen LogP) is 2.32. The zero-order chi connectivity index (χ0) is 24.5. The molecule has 0 aliphatic carbocycles. The van der Waals surface area contributed by atoms with E-state index in [4.69, 9.17) is 0 Å². The molecule has 10 nitrogen and oxygen atoms in total. The second-order valence-electron chi connectivity index (χ2n) is 8.15. The number of rotatable bonds is 6. The van der Waals surface area contributed by atoms with Crippen LogP contribution >= 0.6 is 0 Å². The molecule has 4 amide bonds. The van der Waals surface area contributed by atoms with Crippen molar-refractivity contribution < 1.29 is 18.8 Å². The summed E-state index contributed by atoms with van der Waals surface area (Å²) in [7, 11) is 1.85. The van der Waals surface area contributed by atoms with Gasteiger partial charge in [0.05, 0.1) is 12.4 Å². The Bertz CT molecular complexity index is 1450. The van der Waals surface area contributed by atoms with Gasteiger partial charge in [0.15, 0.2) is 5.65 Å². The highest BCUT2D eigenvalue weighted by atomic mass is 19.1. The van der Waals surface area contributed by atoms with E-state index in [2.05, 4.69) is 25.6 Å². The van der Waals surface area contributed by atoms with Crippen LogP contribution in [0.4, 0.5) is 9.18 Å². The monoisotopic (exact) mass is 473 g/mol. The zero-order valence-corrected chi connectivity index (χ0v) is 18.6. The van der Waals surface area contributed by atoms with Crippen LogP contribution in [0, 0.1) is 5.82 Å². The molecule has 2 aromatic carbocycles. The van der Waals surface area contributed by atoms with Crippen molar-refractivity contribution in [2.75, 3.05) is 6.54 Å². The number of imide groups is 1. The molecule has 5 rings (SSSR count). The van der Waals surface area contributed by atoms with Crippen LogP contribution in [0.15, 0.2) is 55.1 Å². The quantitative estimate of drug-likeness (QED) is 0.415. The molecule has 1 aliphatic rings. The third-order valence-electron chi connectivity index (χ3n) is 5.93. The van der Waals surface area contributed by atoms with Crippen molar-refractivity contribution >= 4 is 29.5 Å². The minimum absolute atomic E-state index is 0.124. The average Bonchev–Trinajstić information content (AvgIpc) is 3.38. The fraction of sp³-hybridized carbons (Fsp3) is 0.167. The van der Waals surface area contributed by atoms with Gasteiger partial charge in [-0.15, -0.1) is 0 Å². The molecule has 35 heavy (non-hydrogen) atoms. The molecule has 1 atom stereocenters. The van der Waals surface area contributed by atoms with Crippen molar-refractivity contribution in [2.45, 2.75) is 12.6 Å². The topological polar surface area (TPSA) is 122 Å². The van der Waals surface area contributed by atoms with E-state index in [-0.39, 0.29) is 18.9 Å². The smallest absolute Gasteiger partial charge is 0.321 e. The number of halogens is 1. The molecule has 0 unspecified atom stereocenters. The molecule has 0 bridgehead atoms. The third kappa shape index (κ3) is 4.19. The molecule has 2 aromatic heterocycles. The summed E-state index contributed by atoms with van der Waals surface area (Å²) >= 11 is 0. The number of benzene rings is 2. The molecule has 0 fully saturated rings. The van der Waals surface area contributed by atoms with Gasteiger partial charge in [-0.3, -0.25) is 14.9 Å². The Labute approximate surface area is 198 Å². The maximum Gasteiger partial charge on any atom is 0.321 e. The van der Waals surface area contributed by atoms with Crippen molar-refractivity contribution in [2.24, 2.45) is 7.05 Å². The number of aryl methyl sites for hydroxylation is 1. The number of nitrogens with zero attached hydrogens (tertiary/aromatic N) is 5. The van der Waals surface area contributed by atoms with Gasteiger partial charge in [0, 0.05) is 31.3 Å². The van der Waals surface area contributed by atoms with Crippen LogP contribution in [0.3, 0.4) is 0 Å². The number of amides is 4. The minimum Gasteiger partial charge on any atom is -0.332 e. The average molecular weight is 473 g/mol. The summed E-state index contributed by atoms with van der Waals surface area (Å²) < 4.78 is 15.4. The van der Waals surface area contributed by atoms with E-state index in [1.807, 2.05) is 31.3 Å². The van der Waals surface area contributed by atoms with Gasteiger partial charge in [0.2, 0.25) is 6.41 Å². The number of imidazole rings is 1. The number of urea groups is 1. The first-order chi connectivity index (χ1) is 16.9. The number of aromatic nitrogens is 4. The van der Waals surface area contributed by atoms with Crippen LogP contribution in [-0.4, -0.2) is 49.3 Å². The molecule has 0 saturated heterocycles. The van der Waals surface area contributed by atoms with Crippen LogP contribution < -0.4 is 10.6 Å². The van der Waals surface area contributed by atoms with E-state index in [9.17, 15) is 18.8 Å². The standard InChI is InChI=1S/C24H20FN7O3/c1-31-12-28-21-20(26-11-27-22(21)31)15-4-2-14(3-5-15)19(30-24(35)29-13-33)10-32-9-16-6-7-17(25)8-18(16)23(32)34/h2-8,11-13,19H,9-10H2,1H3,(H2,29,30,33,35)/t19-/m0/s1. The van der Waals surface area contributed by atoms with Gasteiger partial charge in [-0.05, 0) is 23.3 Å². The fourth-order valence-electron chi connectivity index (χ4n) is 4.22. The number of carbonyl (C=O) groups is 3.